The Labute approximate surface area is 203 Å². The molecule has 1 N–H and O–H groups in total. The number of aliphatic carboxylic acids is 1. The minimum Gasteiger partial charge on any atom is -0.475 e. The van der Waals surface area contributed by atoms with Gasteiger partial charge in [0.1, 0.15) is 6.26 Å². The van der Waals surface area contributed by atoms with Crippen molar-refractivity contribution in [3.8, 4) is 0 Å². The van der Waals surface area contributed by atoms with Crippen molar-refractivity contribution in [3.63, 3.8) is 0 Å². The molecule has 35 heavy (non-hydrogen) atoms. The maximum Gasteiger partial charge on any atom is 0.490 e. The number of carbonyl (C=O) groups excluding carboxylic acids is 2. The van der Waals surface area contributed by atoms with E-state index in [1.54, 1.807) is 12.3 Å². The Morgan fingerprint density at radius 1 is 1.14 bits per heavy atom. The molecule has 1 atom stereocenters. The second kappa shape index (κ2) is 10.2. The van der Waals surface area contributed by atoms with Gasteiger partial charge in [0.05, 0.1) is 17.2 Å². The van der Waals surface area contributed by atoms with Crippen molar-refractivity contribution in [3.05, 3.63) is 24.2 Å². The van der Waals surface area contributed by atoms with Crippen LogP contribution in [0.15, 0.2) is 23.0 Å². The van der Waals surface area contributed by atoms with Gasteiger partial charge in [0.15, 0.2) is 0 Å². The second-order valence-corrected chi connectivity index (χ2v) is 10.2. The molecule has 0 saturated carbocycles. The van der Waals surface area contributed by atoms with Crippen molar-refractivity contribution in [2.24, 2.45) is 16.7 Å². The molecule has 0 aliphatic carbocycles. The number of amides is 2. The summed E-state index contributed by atoms with van der Waals surface area (Å²) in [6.45, 7) is 12.6. The Morgan fingerprint density at radius 2 is 1.77 bits per heavy atom. The number of carbonyl (C=O) groups is 3. The quantitative estimate of drug-likeness (QED) is 0.680. The highest BCUT2D eigenvalue weighted by Crippen LogP contribution is 2.58. The summed E-state index contributed by atoms with van der Waals surface area (Å²) in [5.41, 5.74) is 0.353. The molecule has 0 aromatic carbocycles. The first-order chi connectivity index (χ1) is 16.3. The summed E-state index contributed by atoms with van der Waals surface area (Å²) in [5, 5.41) is 7.12. The van der Waals surface area contributed by atoms with Crippen molar-refractivity contribution in [1.82, 2.24) is 14.7 Å². The number of nitrogens with zero attached hydrogens (tertiary/aromatic N) is 3. The summed E-state index contributed by atoms with van der Waals surface area (Å²) in [4.78, 5) is 41.6. The van der Waals surface area contributed by atoms with E-state index >= 15 is 0 Å². The number of piperidine rings is 1. The topological polar surface area (TPSA) is 94.3 Å². The third-order valence-corrected chi connectivity index (χ3v) is 7.56. The van der Waals surface area contributed by atoms with Gasteiger partial charge in [-0.25, -0.2) is 4.79 Å². The molecule has 0 bridgehead atoms. The number of hydrogen-bond acceptors (Lipinski definition) is 5. The molecular weight excluding hydrogens is 467 g/mol. The maximum atomic E-state index is 13.5. The van der Waals surface area contributed by atoms with Gasteiger partial charge in [-0.15, -0.1) is 0 Å². The summed E-state index contributed by atoms with van der Waals surface area (Å²) < 4.78 is 36.8. The number of furan rings is 1. The summed E-state index contributed by atoms with van der Waals surface area (Å²) in [7, 11) is 0. The largest absolute Gasteiger partial charge is 0.490 e. The highest BCUT2D eigenvalue weighted by molar-refractivity contribution is 5.94. The smallest absolute Gasteiger partial charge is 0.475 e. The summed E-state index contributed by atoms with van der Waals surface area (Å²) in [6, 6.07) is 1.73. The number of carboxylic acid groups (broad SMARTS) is 1. The van der Waals surface area contributed by atoms with Crippen molar-refractivity contribution < 1.29 is 37.1 Å². The Kier molecular flexibility index (Phi) is 7.88. The fourth-order valence-electron chi connectivity index (χ4n) is 5.95. The zero-order chi connectivity index (χ0) is 26.0. The van der Waals surface area contributed by atoms with Crippen LogP contribution in [0.1, 0.15) is 50.4 Å². The highest BCUT2D eigenvalue weighted by Gasteiger charge is 2.64. The molecule has 8 nitrogen and oxygen atoms in total. The molecule has 3 fully saturated rings. The number of carboxylic acids is 1. The number of likely N-dealkylation sites (tertiary alicyclic amines) is 3. The van der Waals surface area contributed by atoms with E-state index in [2.05, 4.69) is 25.7 Å². The molecule has 1 unspecified atom stereocenters. The number of alkyl halides is 3. The van der Waals surface area contributed by atoms with Gasteiger partial charge < -0.3 is 24.2 Å². The fraction of sp³-hybridized carbons (Fsp3) is 0.708. The van der Waals surface area contributed by atoms with Crippen molar-refractivity contribution in [2.45, 2.75) is 46.2 Å². The average Bonchev–Trinajstić information content (AvgIpc) is 3.48. The molecule has 1 aromatic rings. The van der Waals surface area contributed by atoms with Gasteiger partial charge in [0.25, 0.3) is 5.91 Å². The van der Waals surface area contributed by atoms with Crippen LogP contribution in [-0.2, 0) is 9.59 Å². The first-order valence-electron chi connectivity index (χ1n) is 12.0. The van der Waals surface area contributed by atoms with Crippen LogP contribution in [0.25, 0.3) is 0 Å². The SMILES string of the molecule is CCN1CCC2(CN(CC(C)C)CC23CCN(C(=O)c2ccoc2)CC3)C1=O.O=C(O)C(F)(F)F. The van der Waals surface area contributed by atoms with Crippen LogP contribution < -0.4 is 0 Å². The van der Waals surface area contributed by atoms with E-state index in [9.17, 15) is 22.8 Å². The first kappa shape index (κ1) is 27.0. The Bertz CT molecular complexity index is 910. The lowest BCUT2D eigenvalue weighted by Gasteiger charge is -2.47. The fourth-order valence-corrected chi connectivity index (χ4v) is 5.95. The van der Waals surface area contributed by atoms with E-state index in [1.165, 1.54) is 6.26 Å². The maximum absolute atomic E-state index is 13.5. The van der Waals surface area contributed by atoms with Gasteiger partial charge in [-0.2, -0.15) is 13.2 Å². The lowest BCUT2D eigenvalue weighted by Crippen LogP contribution is -2.53. The van der Waals surface area contributed by atoms with Crippen molar-refractivity contribution >= 4 is 17.8 Å². The van der Waals surface area contributed by atoms with Crippen LogP contribution in [0.2, 0.25) is 0 Å². The molecule has 3 saturated heterocycles. The average molecular weight is 502 g/mol. The third kappa shape index (κ3) is 5.34. The van der Waals surface area contributed by atoms with Gasteiger partial charge >= 0.3 is 12.1 Å². The lowest BCUT2D eigenvalue weighted by molar-refractivity contribution is -0.192. The van der Waals surface area contributed by atoms with E-state index in [1.807, 2.05) is 9.80 Å². The van der Waals surface area contributed by atoms with Crippen LogP contribution in [0.4, 0.5) is 13.2 Å². The molecule has 0 radical (unpaired) electrons. The standard InChI is InChI=1S/C22H33N3O3.C2HF3O2/c1-4-24-11-8-22(20(24)27)16-23(13-17(2)3)15-21(22)6-9-25(10-7-21)19(26)18-5-12-28-14-18;3-2(4,5)1(6)7/h5,12,14,17H,4,6-11,13,15-16H2,1-3H3;(H,6,7). The van der Waals surface area contributed by atoms with Crippen LogP contribution in [-0.4, -0.2) is 89.6 Å². The van der Waals surface area contributed by atoms with Gasteiger partial charge in [0, 0.05) is 51.2 Å². The van der Waals surface area contributed by atoms with Gasteiger partial charge in [-0.05, 0) is 38.2 Å². The monoisotopic (exact) mass is 501 g/mol. The number of hydrogen-bond donors (Lipinski definition) is 1. The van der Waals surface area contributed by atoms with E-state index < -0.39 is 12.1 Å². The Hall–Kier alpha value is -2.56. The summed E-state index contributed by atoms with van der Waals surface area (Å²) in [6.07, 6.45) is 0.769. The summed E-state index contributed by atoms with van der Waals surface area (Å²) in [5.74, 6) is -1.76. The summed E-state index contributed by atoms with van der Waals surface area (Å²) >= 11 is 0. The predicted octanol–water partition coefficient (Wildman–Crippen LogP) is 3.35. The van der Waals surface area contributed by atoms with Crippen LogP contribution >= 0.6 is 0 Å². The Balaban J connectivity index is 0.000000429. The van der Waals surface area contributed by atoms with E-state index in [0.29, 0.717) is 17.4 Å². The third-order valence-electron chi connectivity index (χ3n) is 7.56. The minimum atomic E-state index is -5.08. The van der Waals surface area contributed by atoms with Crippen molar-refractivity contribution in [1.29, 1.82) is 0 Å². The van der Waals surface area contributed by atoms with Gasteiger partial charge in [-0.3, -0.25) is 9.59 Å². The van der Waals surface area contributed by atoms with Crippen LogP contribution in [0.3, 0.4) is 0 Å². The molecule has 2 amide bonds. The number of halogens is 3. The molecule has 11 heteroatoms. The van der Waals surface area contributed by atoms with Crippen LogP contribution in [0, 0.1) is 16.7 Å². The van der Waals surface area contributed by atoms with Gasteiger partial charge in [0.2, 0.25) is 5.91 Å². The first-order valence-corrected chi connectivity index (χ1v) is 12.0. The number of fused-ring (bicyclic) bond motifs is 1. The lowest BCUT2D eigenvalue weighted by atomic mass is 9.60. The predicted molar refractivity (Wildman–Crippen MR) is 121 cm³/mol. The zero-order valence-corrected chi connectivity index (χ0v) is 20.4. The molecule has 4 heterocycles. The molecule has 196 valence electrons. The Morgan fingerprint density at radius 3 is 2.23 bits per heavy atom. The molecular formula is C24H34F3N3O5. The van der Waals surface area contributed by atoms with E-state index in [4.69, 9.17) is 14.3 Å². The van der Waals surface area contributed by atoms with Crippen molar-refractivity contribution in [2.75, 3.05) is 45.8 Å². The normalized spacial score (nSPS) is 24.4. The molecule has 2 spiro atoms. The molecule has 4 rings (SSSR count). The molecule has 3 aliphatic rings. The van der Waals surface area contributed by atoms with E-state index in [-0.39, 0.29) is 16.7 Å². The van der Waals surface area contributed by atoms with E-state index in [0.717, 1.165) is 65.1 Å². The highest BCUT2D eigenvalue weighted by atomic mass is 19.4. The minimum absolute atomic E-state index is 0.00390. The van der Waals surface area contributed by atoms with Crippen LogP contribution in [0.5, 0.6) is 0 Å². The second-order valence-electron chi connectivity index (χ2n) is 10.2. The number of rotatable bonds is 4. The molecule has 1 aromatic heterocycles. The molecule has 3 aliphatic heterocycles. The zero-order valence-electron chi connectivity index (χ0n) is 20.4. The van der Waals surface area contributed by atoms with Gasteiger partial charge in [-0.1, -0.05) is 13.8 Å².